The van der Waals surface area contributed by atoms with E-state index in [1.54, 1.807) is 0 Å². The zero-order valence-corrected chi connectivity index (χ0v) is 46.4. The lowest BCUT2D eigenvalue weighted by Gasteiger charge is -2.40. The summed E-state index contributed by atoms with van der Waals surface area (Å²) in [6, 6.07) is 0. The minimum atomic E-state index is -1.90. The van der Waals surface area contributed by atoms with Crippen LogP contribution in [0.1, 0.15) is 265 Å². The summed E-state index contributed by atoms with van der Waals surface area (Å²) in [5.74, 6) is -3.13. The second-order valence-corrected chi connectivity index (χ2v) is 20.3. The maximum atomic E-state index is 13.1. The lowest BCUT2D eigenvalue weighted by Crippen LogP contribution is -2.61. The topological polar surface area (TPSA) is 175 Å². The molecule has 1 heterocycles. The third-order valence-corrected chi connectivity index (χ3v) is 13.4. The van der Waals surface area contributed by atoms with Crippen molar-refractivity contribution in [1.29, 1.82) is 0 Å². The summed E-state index contributed by atoms with van der Waals surface area (Å²) < 4.78 is 28.4. The average Bonchev–Trinajstić information content (AvgIpc) is 3.37. The monoisotopic (exact) mass is 1030 g/mol. The van der Waals surface area contributed by atoms with E-state index in [1.807, 2.05) is 0 Å². The Hall–Kier alpha value is -3.32. The van der Waals surface area contributed by atoms with E-state index in [0.717, 1.165) is 103 Å². The van der Waals surface area contributed by atoms with Gasteiger partial charge in [0.05, 0.1) is 6.61 Å². The Morgan fingerprint density at radius 2 is 0.822 bits per heavy atom. The predicted octanol–water partition coefficient (Wildman–Crippen LogP) is 15.0. The number of hydrogen-bond acceptors (Lipinski definition) is 11. The lowest BCUT2D eigenvalue weighted by molar-refractivity contribution is -0.301. The molecule has 1 saturated heterocycles. The van der Waals surface area contributed by atoms with E-state index in [4.69, 9.17) is 23.7 Å². The first kappa shape index (κ1) is 67.7. The third kappa shape index (κ3) is 39.7. The number of carbonyl (C=O) groups is 4. The smallest absolute Gasteiger partial charge is 0.335 e. The molecule has 0 bridgehead atoms. The quantitative estimate of drug-likeness (QED) is 0.0228. The molecule has 6 atom stereocenters. The number of aliphatic hydroxyl groups excluding tert-OH is 2. The van der Waals surface area contributed by atoms with Gasteiger partial charge in [0, 0.05) is 19.3 Å². The SMILES string of the molecule is CCCCC/C=C\C/C=C\CCCCCCCCCCCC(=O)OC1C(OCC(COC(=O)CCCCCCC/C=C\C/C=C\CCCCC)OC(=O)CCCCCCCCCCC)OC(C(=O)O)C(O)C1O. The van der Waals surface area contributed by atoms with E-state index >= 15 is 0 Å². The molecule has 1 rings (SSSR count). The van der Waals surface area contributed by atoms with Crippen LogP contribution in [-0.4, -0.2) is 89.2 Å². The number of carboxylic acid groups (broad SMARTS) is 1. The molecule has 3 N–H and O–H groups in total. The zero-order chi connectivity index (χ0) is 53.3. The number of hydrogen-bond donors (Lipinski definition) is 3. The number of allylic oxidation sites excluding steroid dienone is 8. The summed E-state index contributed by atoms with van der Waals surface area (Å²) in [6.07, 6.45) is 46.6. The highest BCUT2D eigenvalue weighted by Gasteiger charge is 2.50. The third-order valence-electron chi connectivity index (χ3n) is 13.4. The van der Waals surface area contributed by atoms with Crippen LogP contribution in [0.2, 0.25) is 0 Å². The van der Waals surface area contributed by atoms with Crippen molar-refractivity contribution in [3.05, 3.63) is 48.6 Å². The highest BCUT2D eigenvalue weighted by molar-refractivity contribution is 5.74. The molecular weight excluding hydrogens is 925 g/mol. The first-order valence-corrected chi connectivity index (χ1v) is 29.6. The van der Waals surface area contributed by atoms with Gasteiger partial charge in [-0.2, -0.15) is 0 Å². The summed E-state index contributed by atoms with van der Waals surface area (Å²) in [5, 5.41) is 31.4. The van der Waals surface area contributed by atoms with Gasteiger partial charge in [-0.1, -0.05) is 211 Å². The minimum absolute atomic E-state index is 0.0559. The summed E-state index contributed by atoms with van der Waals surface area (Å²) in [6.45, 7) is 5.91. The second kappa shape index (κ2) is 49.6. The van der Waals surface area contributed by atoms with Crippen LogP contribution in [0.25, 0.3) is 0 Å². The van der Waals surface area contributed by atoms with Crippen molar-refractivity contribution in [2.24, 2.45) is 0 Å². The molecular formula is C61H106O12. The fourth-order valence-electron chi connectivity index (χ4n) is 8.78. The number of carboxylic acids is 1. The maximum absolute atomic E-state index is 13.1. The van der Waals surface area contributed by atoms with Gasteiger partial charge in [0.1, 0.15) is 18.8 Å². The van der Waals surface area contributed by atoms with Crippen LogP contribution in [0, 0.1) is 0 Å². The number of rotatable bonds is 50. The van der Waals surface area contributed by atoms with Gasteiger partial charge in [0.2, 0.25) is 0 Å². The van der Waals surface area contributed by atoms with Gasteiger partial charge in [-0.15, -0.1) is 0 Å². The average molecular weight is 1030 g/mol. The molecule has 73 heavy (non-hydrogen) atoms. The molecule has 0 aromatic rings. The molecule has 12 heteroatoms. The first-order chi connectivity index (χ1) is 35.6. The Morgan fingerprint density at radius 3 is 1.26 bits per heavy atom. The van der Waals surface area contributed by atoms with Crippen LogP contribution in [0.15, 0.2) is 48.6 Å². The van der Waals surface area contributed by atoms with Crippen molar-refractivity contribution in [3.63, 3.8) is 0 Å². The fourth-order valence-corrected chi connectivity index (χ4v) is 8.78. The summed E-state index contributed by atoms with van der Waals surface area (Å²) >= 11 is 0. The fraction of sp³-hybridized carbons (Fsp3) is 0.803. The van der Waals surface area contributed by atoms with Crippen molar-refractivity contribution in [1.82, 2.24) is 0 Å². The molecule has 1 aliphatic rings. The molecule has 12 nitrogen and oxygen atoms in total. The van der Waals surface area contributed by atoms with Crippen LogP contribution in [0.5, 0.6) is 0 Å². The normalized spacial score (nSPS) is 18.6. The summed E-state index contributed by atoms with van der Waals surface area (Å²) in [7, 11) is 0. The Morgan fingerprint density at radius 1 is 0.452 bits per heavy atom. The number of esters is 3. The van der Waals surface area contributed by atoms with Crippen LogP contribution >= 0.6 is 0 Å². The number of ether oxygens (including phenoxy) is 5. The summed E-state index contributed by atoms with van der Waals surface area (Å²) in [4.78, 5) is 51.0. The highest BCUT2D eigenvalue weighted by atomic mass is 16.7. The lowest BCUT2D eigenvalue weighted by atomic mass is 9.98. The zero-order valence-electron chi connectivity index (χ0n) is 46.4. The second-order valence-electron chi connectivity index (χ2n) is 20.3. The van der Waals surface area contributed by atoms with Crippen molar-refractivity contribution < 1.29 is 58.2 Å². The van der Waals surface area contributed by atoms with Crippen molar-refractivity contribution in [3.8, 4) is 0 Å². The van der Waals surface area contributed by atoms with Gasteiger partial charge in [-0.3, -0.25) is 14.4 Å². The Bertz CT molecular complexity index is 1460. The highest BCUT2D eigenvalue weighted by Crippen LogP contribution is 2.26. The van der Waals surface area contributed by atoms with Gasteiger partial charge in [-0.05, 0) is 83.5 Å². The molecule has 0 aromatic carbocycles. The van der Waals surface area contributed by atoms with Crippen molar-refractivity contribution in [2.45, 2.75) is 302 Å². The van der Waals surface area contributed by atoms with E-state index in [2.05, 4.69) is 69.4 Å². The van der Waals surface area contributed by atoms with Crippen molar-refractivity contribution in [2.75, 3.05) is 13.2 Å². The molecule has 0 aromatic heterocycles. The predicted molar refractivity (Wildman–Crippen MR) is 294 cm³/mol. The number of carbonyl (C=O) groups excluding carboxylic acids is 3. The van der Waals surface area contributed by atoms with E-state index < -0.39 is 67.3 Å². The van der Waals surface area contributed by atoms with E-state index in [-0.39, 0.29) is 25.9 Å². The van der Waals surface area contributed by atoms with Crippen LogP contribution < -0.4 is 0 Å². The molecule has 422 valence electrons. The maximum Gasteiger partial charge on any atom is 0.335 e. The largest absolute Gasteiger partial charge is 0.479 e. The van der Waals surface area contributed by atoms with Gasteiger partial charge in [-0.25, -0.2) is 4.79 Å². The van der Waals surface area contributed by atoms with Crippen molar-refractivity contribution >= 4 is 23.9 Å². The first-order valence-electron chi connectivity index (χ1n) is 29.6. The van der Waals surface area contributed by atoms with Crippen LogP contribution in [0.3, 0.4) is 0 Å². The standard InChI is InChI=1S/C61H106O12/c1-4-7-10-13-16-19-21-23-25-26-27-28-30-32-34-37-40-43-46-49-55(64)72-59-57(66)56(65)58(60(67)68)73-61(59)70-51-52(71-54(63)48-45-42-39-35-18-15-12-9-6-3)50-69-53(62)47-44-41-38-36-33-31-29-24-22-20-17-14-11-8-5-2/h16-17,19-20,23-25,29,52,56-59,61,65-66H,4-15,18,21-22,26-28,30-51H2,1-3H3,(H,67,68)/b19-16-,20-17-,25-23-,29-24-. The molecule has 0 amide bonds. The van der Waals surface area contributed by atoms with Gasteiger partial charge >= 0.3 is 23.9 Å². The molecule has 1 fully saturated rings. The van der Waals surface area contributed by atoms with E-state index in [9.17, 15) is 34.5 Å². The van der Waals surface area contributed by atoms with Crippen LogP contribution in [0.4, 0.5) is 0 Å². The molecule has 0 radical (unpaired) electrons. The Balaban J connectivity index is 2.63. The molecule has 0 saturated carbocycles. The molecule has 0 spiro atoms. The number of unbranched alkanes of at least 4 members (excludes halogenated alkanes) is 28. The number of aliphatic carboxylic acids is 1. The minimum Gasteiger partial charge on any atom is -0.479 e. The van der Waals surface area contributed by atoms with Crippen LogP contribution in [-0.2, 0) is 42.9 Å². The van der Waals surface area contributed by atoms with E-state index in [0.29, 0.717) is 19.3 Å². The van der Waals surface area contributed by atoms with E-state index in [1.165, 1.54) is 103 Å². The molecule has 6 unspecified atom stereocenters. The number of aliphatic hydroxyl groups is 2. The van der Waals surface area contributed by atoms with Gasteiger partial charge < -0.3 is 39.0 Å². The van der Waals surface area contributed by atoms with Gasteiger partial charge in [0.15, 0.2) is 24.6 Å². The summed E-state index contributed by atoms with van der Waals surface area (Å²) in [5.41, 5.74) is 0. The molecule has 0 aliphatic carbocycles. The molecule has 1 aliphatic heterocycles. The Labute approximate surface area is 443 Å². The van der Waals surface area contributed by atoms with Gasteiger partial charge in [0.25, 0.3) is 0 Å². The Kier molecular flexibility index (Phi) is 45.9.